The van der Waals surface area contributed by atoms with E-state index in [1.807, 2.05) is 0 Å². The van der Waals surface area contributed by atoms with Gasteiger partial charge < -0.3 is 5.11 Å². The van der Waals surface area contributed by atoms with E-state index in [1.54, 1.807) is 0 Å². The van der Waals surface area contributed by atoms with E-state index in [-0.39, 0.29) is 16.2 Å². The van der Waals surface area contributed by atoms with Gasteiger partial charge in [-0.1, -0.05) is 15.9 Å². The number of rotatable bonds is 5. The van der Waals surface area contributed by atoms with Crippen LogP contribution < -0.4 is 0 Å². The Bertz CT molecular complexity index is 464. The lowest BCUT2D eigenvalue weighted by molar-refractivity contribution is 0.0697. The van der Waals surface area contributed by atoms with Crippen molar-refractivity contribution in [3.63, 3.8) is 0 Å². The van der Waals surface area contributed by atoms with Crippen LogP contribution in [0.15, 0.2) is 29.2 Å². The summed E-state index contributed by atoms with van der Waals surface area (Å²) in [6.45, 7) is 0. The molecule has 88 valence electrons. The third-order valence-electron chi connectivity index (χ3n) is 2.01. The Morgan fingerprint density at radius 1 is 1.25 bits per heavy atom. The summed E-state index contributed by atoms with van der Waals surface area (Å²) >= 11 is 3.16. The predicted octanol–water partition coefficient (Wildman–Crippen LogP) is 1.94. The first-order valence-corrected chi connectivity index (χ1v) is 7.37. The minimum Gasteiger partial charge on any atom is -0.478 e. The first kappa shape index (κ1) is 13.2. The maximum Gasteiger partial charge on any atom is 0.335 e. The minimum absolute atomic E-state index is 0.0602. The summed E-state index contributed by atoms with van der Waals surface area (Å²) in [6, 6.07) is 5.24. The Balaban J connectivity index is 2.93. The third-order valence-corrected chi connectivity index (χ3v) is 4.38. The molecular formula is C10H11BrO4S. The zero-order chi connectivity index (χ0) is 12.2. The Morgan fingerprint density at radius 2 is 1.81 bits per heavy atom. The van der Waals surface area contributed by atoms with Gasteiger partial charge in [0, 0.05) is 5.33 Å². The number of carboxylic acid groups (broad SMARTS) is 1. The highest BCUT2D eigenvalue weighted by Gasteiger charge is 2.14. The van der Waals surface area contributed by atoms with E-state index in [9.17, 15) is 13.2 Å². The van der Waals surface area contributed by atoms with Crippen LogP contribution in [0.25, 0.3) is 0 Å². The fourth-order valence-electron chi connectivity index (χ4n) is 1.17. The van der Waals surface area contributed by atoms with Gasteiger partial charge >= 0.3 is 5.97 Å². The summed E-state index contributed by atoms with van der Waals surface area (Å²) < 4.78 is 23.4. The molecule has 6 heteroatoms. The van der Waals surface area contributed by atoms with Crippen molar-refractivity contribution in [3.05, 3.63) is 29.8 Å². The summed E-state index contributed by atoms with van der Waals surface area (Å²) in [5.41, 5.74) is 0.0828. The fraction of sp³-hybridized carbons (Fsp3) is 0.300. The summed E-state index contributed by atoms with van der Waals surface area (Å²) in [5.74, 6) is -1.01. The lowest BCUT2D eigenvalue weighted by Crippen LogP contribution is -2.07. The van der Waals surface area contributed by atoms with E-state index in [4.69, 9.17) is 5.11 Å². The smallest absolute Gasteiger partial charge is 0.335 e. The van der Waals surface area contributed by atoms with Crippen LogP contribution in [0.4, 0.5) is 0 Å². The molecule has 0 radical (unpaired) electrons. The third kappa shape index (κ3) is 3.31. The predicted molar refractivity (Wildman–Crippen MR) is 63.9 cm³/mol. The Hall–Kier alpha value is -0.880. The second-order valence-corrected chi connectivity index (χ2v) is 6.09. The van der Waals surface area contributed by atoms with Gasteiger partial charge in [0.15, 0.2) is 9.84 Å². The zero-order valence-corrected chi connectivity index (χ0v) is 10.8. The monoisotopic (exact) mass is 306 g/mol. The number of hydrogen-bond donors (Lipinski definition) is 1. The van der Waals surface area contributed by atoms with Crippen LogP contribution >= 0.6 is 15.9 Å². The molecule has 0 atom stereocenters. The van der Waals surface area contributed by atoms with E-state index < -0.39 is 15.8 Å². The van der Waals surface area contributed by atoms with Crippen molar-refractivity contribution >= 4 is 31.7 Å². The number of aromatic carboxylic acids is 1. The number of alkyl halides is 1. The minimum atomic E-state index is -3.29. The Kier molecular flexibility index (Phi) is 4.49. The topological polar surface area (TPSA) is 71.4 Å². The highest BCUT2D eigenvalue weighted by atomic mass is 79.9. The molecule has 0 bridgehead atoms. The molecule has 0 aromatic heterocycles. The van der Waals surface area contributed by atoms with E-state index >= 15 is 0 Å². The van der Waals surface area contributed by atoms with Crippen molar-refractivity contribution in [1.82, 2.24) is 0 Å². The maximum absolute atomic E-state index is 11.7. The van der Waals surface area contributed by atoms with Gasteiger partial charge in [-0.2, -0.15) is 0 Å². The average Bonchev–Trinajstić information content (AvgIpc) is 2.26. The molecule has 4 nitrogen and oxygen atoms in total. The normalized spacial score (nSPS) is 11.3. The van der Waals surface area contributed by atoms with Crippen LogP contribution in [0.5, 0.6) is 0 Å². The first-order valence-electron chi connectivity index (χ1n) is 4.59. The summed E-state index contributed by atoms with van der Waals surface area (Å²) in [5, 5.41) is 9.29. The summed E-state index contributed by atoms with van der Waals surface area (Å²) in [7, 11) is -3.29. The van der Waals surface area contributed by atoms with Gasteiger partial charge in [-0.05, 0) is 30.7 Å². The molecule has 1 aromatic carbocycles. The van der Waals surface area contributed by atoms with Gasteiger partial charge in [-0.3, -0.25) is 0 Å². The van der Waals surface area contributed by atoms with Crippen molar-refractivity contribution in [2.75, 3.05) is 11.1 Å². The van der Waals surface area contributed by atoms with E-state index in [0.29, 0.717) is 11.8 Å². The number of carbonyl (C=O) groups is 1. The van der Waals surface area contributed by atoms with Gasteiger partial charge in [0.2, 0.25) is 0 Å². The molecule has 0 heterocycles. The number of benzene rings is 1. The van der Waals surface area contributed by atoms with Crippen LogP contribution in [-0.2, 0) is 9.84 Å². The van der Waals surface area contributed by atoms with Crippen LogP contribution in [-0.4, -0.2) is 30.6 Å². The maximum atomic E-state index is 11.7. The van der Waals surface area contributed by atoms with Crippen molar-refractivity contribution in [1.29, 1.82) is 0 Å². The molecule has 0 aliphatic rings. The van der Waals surface area contributed by atoms with Gasteiger partial charge in [-0.15, -0.1) is 0 Å². The molecule has 0 saturated carbocycles. The number of halogens is 1. The van der Waals surface area contributed by atoms with Crippen LogP contribution in [0.2, 0.25) is 0 Å². The summed E-state index contributed by atoms with van der Waals surface area (Å²) in [6.07, 6.45) is 0.531. The highest BCUT2D eigenvalue weighted by Crippen LogP contribution is 2.13. The van der Waals surface area contributed by atoms with Gasteiger partial charge in [0.05, 0.1) is 16.2 Å². The largest absolute Gasteiger partial charge is 0.478 e. The molecule has 1 aromatic rings. The average molecular weight is 307 g/mol. The molecule has 1 rings (SSSR count). The van der Waals surface area contributed by atoms with Gasteiger partial charge in [-0.25, -0.2) is 13.2 Å². The molecule has 16 heavy (non-hydrogen) atoms. The van der Waals surface area contributed by atoms with E-state index in [1.165, 1.54) is 24.3 Å². The number of carboxylic acids is 1. The van der Waals surface area contributed by atoms with Gasteiger partial charge in [0.1, 0.15) is 0 Å². The molecule has 0 aliphatic heterocycles. The quantitative estimate of drug-likeness (QED) is 0.844. The van der Waals surface area contributed by atoms with E-state index in [2.05, 4.69) is 15.9 Å². The molecule has 0 aliphatic carbocycles. The fourth-order valence-corrected chi connectivity index (χ4v) is 3.13. The molecule has 0 amide bonds. The van der Waals surface area contributed by atoms with Crippen molar-refractivity contribution in [2.45, 2.75) is 11.3 Å². The molecule has 0 spiro atoms. The molecular weight excluding hydrogens is 296 g/mol. The molecule has 1 N–H and O–H groups in total. The zero-order valence-electron chi connectivity index (χ0n) is 8.39. The second kappa shape index (κ2) is 5.45. The SMILES string of the molecule is O=C(O)c1ccc(S(=O)(=O)CCCBr)cc1. The van der Waals surface area contributed by atoms with Crippen molar-refractivity contribution in [2.24, 2.45) is 0 Å². The van der Waals surface area contributed by atoms with Gasteiger partial charge in [0.25, 0.3) is 0 Å². The first-order chi connectivity index (χ1) is 7.47. The number of hydrogen-bond acceptors (Lipinski definition) is 3. The Labute approximate surface area is 102 Å². The Morgan fingerprint density at radius 3 is 2.25 bits per heavy atom. The molecule has 0 fully saturated rings. The highest BCUT2D eigenvalue weighted by molar-refractivity contribution is 9.09. The molecule has 0 unspecified atom stereocenters. The van der Waals surface area contributed by atoms with Crippen LogP contribution in [0.1, 0.15) is 16.8 Å². The lowest BCUT2D eigenvalue weighted by Gasteiger charge is -2.03. The number of sulfone groups is 1. The van der Waals surface area contributed by atoms with Crippen LogP contribution in [0, 0.1) is 0 Å². The second-order valence-electron chi connectivity index (χ2n) is 3.19. The lowest BCUT2D eigenvalue weighted by atomic mass is 10.2. The van der Waals surface area contributed by atoms with Crippen molar-refractivity contribution < 1.29 is 18.3 Å². The molecule has 0 saturated heterocycles. The standard InChI is InChI=1S/C10H11BrO4S/c11-6-1-7-16(14,15)9-4-2-8(3-5-9)10(12)13/h2-5H,1,6-7H2,(H,12,13). The van der Waals surface area contributed by atoms with Crippen LogP contribution in [0.3, 0.4) is 0 Å². The summed E-state index contributed by atoms with van der Waals surface area (Å²) in [4.78, 5) is 10.7. The van der Waals surface area contributed by atoms with E-state index in [0.717, 1.165) is 0 Å². The van der Waals surface area contributed by atoms with Crippen molar-refractivity contribution in [3.8, 4) is 0 Å².